The van der Waals surface area contributed by atoms with Gasteiger partial charge in [0, 0.05) is 31.7 Å². The topological polar surface area (TPSA) is 85.4 Å². The molecule has 0 saturated carbocycles. The second-order valence-corrected chi connectivity index (χ2v) is 10.4. The largest absolute Gasteiger partial charge is 0.497 e. The van der Waals surface area contributed by atoms with Crippen LogP contribution >= 0.6 is 0 Å². The number of unbranched alkanes of at least 4 members (excludes halogenated alkanes) is 3. The van der Waals surface area contributed by atoms with Crippen molar-refractivity contribution in [3.63, 3.8) is 0 Å². The molecule has 1 fully saturated rings. The van der Waals surface area contributed by atoms with Crippen LogP contribution < -0.4 is 9.47 Å². The van der Waals surface area contributed by atoms with Gasteiger partial charge in [-0.05, 0) is 30.9 Å². The number of nitrogens with zero attached hydrogens (tertiary/aromatic N) is 2. The molecule has 1 heterocycles. The van der Waals surface area contributed by atoms with Gasteiger partial charge in [-0.2, -0.15) is 4.31 Å². The third-order valence-corrected chi connectivity index (χ3v) is 7.53. The maximum atomic E-state index is 13.8. The van der Waals surface area contributed by atoms with Gasteiger partial charge < -0.3 is 19.1 Å². The highest BCUT2D eigenvalue weighted by atomic mass is 32.2. The lowest BCUT2D eigenvalue weighted by molar-refractivity contribution is 0.0978. The number of carbonyl (C=O) groups excluding carboxylic acids is 1. The van der Waals surface area contributed by atoms with E-state index in [1.807, 2.05) is 13.8 Å². The van der Waals surface area contributed by atoms with Crippen molar-refractivity contribution in [1.82, 2.24) is 9.21 Å². The summed E-state index contributed by atoms with van der Waals surface area (Å²) in [6, 6.07) is 4.46. The number of amides is 1. The molecule has 1 aliphatic heterocycles. The van der Waals surface area contributed by atoms with Crippen molar-refractivity contribution in [2.75, 3.05) is 40.5 Å². The molecule has 0 aromatic heterocycles. The number of carbonyl (C=O) groups is 1. The Balaban J connectivity index is 2.28. The quantitative estimate of drug-likeness (QED) is 0.427. The number of hydrogen-bond donors (Lipinski definition) is 0. The smallest absolute Gasteiger partial charge is 0.409 e. The van der Waals surface area contributed by atoms with Crippen LogP contribution in [0.4, 0.5) is 4.79 Å². The fourth-order valence-corrected chi connectivity index (χ4v) is 5.63. The van der Waals surface area contributed by atoms with E-state index in [4.69, 9.17) is 14.2 Å². The van der Waals surface area contributed by atoms with Crippen molar-refractivity contribution in [3.8, 4) is 11.5 Å². The Labute approximate surface area is 192 Å². The van der Waals surface area contributed by atoms with Crippen LogP contribution in [0.2, 0.25) is 0 Å². The van der Waals surface area contributed by atoms with E-state index in [1.54, 1.807) is 17.0 Å². The standard InChI is InChI=1S/C23H38N2O6S/c1-6-7-8-9-13-25(19-12-14-24(16-19)23(26)31-17-18(2)3)32(27,28)22-15-20(29-4)10-11-21(22)30-5/h10-11,15,18-19H,6-9,12-14,16-17H2,1-5H3/t19-/m1/s1. The monoisotopic (exact) mass is 470 g/mol. The van der Waals surface area contributed by atoms with Gasteiger partial charge in [0.15, 0.2) is 0 Å². The Bertz CT molecular complexity index is 843. The van der Waals surface area contributed by atoms with E-state index in [2.05, 4.69) is 6.92 Å². The molecule has 0 radical (unpaired) electrons. The molecule has 0 spiro atoms. The summed E-state index contributed by atoms with van der Waals surface area (Å²) in [6.45, 7) is 7.60. The van der Waals surface area contributed by atoms with Crippen LogP contribution in [0.3, 0.4) is 0 Å². The molecule has 1 atom stereocenters. The molecular formula is C23H38N2O6S. The predicted molar refractivity (Wildman–Crippen MR) is 124 cm³/mol. The number of rotatable bonds is 12. The van der Waals surface area contributed by atoms with E-state index in [9.17, 15) is 13.2 Å². The zero-order valence-corrected chi connectivity index (χ0v) is 20.8. The summed E-state index contributed by atoms with van der Waals surface area (Å²) in [5.41, 5.74) is 0. The first-order valence-electron chi connectivity index (χ1n) is 11.4. The Kier molecular flexibility index (Phi) is 10.1. The average molecular weight is 471 g/mol. The van der Waals surface area contributed by atoms with Gasteiger partial charge in [-0.25, -0.2) is 13.2 Å². The molecule has 9 heteroatoms. The fraction of sp³-hybridized carbons (Fsp3) is 0.696. The Morgan fingerprint density at radius 2 is 1.94 bits per heavy atom. The van der Waals surface area contributed by atoms with E-state index in [1.165, 1.54) is 24.6 Å². The number of ether oxygens (including phenoxy) is 3. The third-order valence-electron chi connectivity index (χ3n) is 5.56. The second kappa shape index (κ2) is 12.3. The molecule has 8 nitrogen and oxygen atoms in total. The van der Waals surface area contributed by atoms with E-state index in [0.717, 1.165) is 25.7 Å². The highest BCUT2D eigenvalue weighted by molar-refractivity contribution is 7.89. The van der Waals surface area contributed by atoms with Crippen molar-refractivity contribution in [2.45, 2.75) is 63.8 Å². The molecule has 0 unspecified atom stereocenters. The zero-order chi connectivity index (χ0) is 23.7. The Morgan fingerprint density at radius 3 is 2.56 bits per heavy atom. The molecule has 182 valence electrons. The summed E-state index contributed by atoms with van der Waals surface area (Å²) in [5, 5.41) is 0. The first kappa shape index (κ1) is 26.3. The fourth-order valence-electron chi connectivity index (χ4n) is 3.78. The van der Waals surface area contributed by atoms with Crippen LogP contribution in [-0.4, -0.2) is 70.2 Å². The van der Waals surface area contributed by atoms with E-state index in [0.29, 0.717) is 38.4 Å². The van der Waals surface area contributed by atoms with Gasteiger partial charge in [-0.1, -0.05) is 40.0 Å². The van der Waals surface area contributed by atoms with Crippen LogP contribution in [0, 0.1) is 5.92 Å². The Morgan fingerprint density at radius 1 is 1.19 bits per heavy atom. The summed E-state index contributed by atoms with van der Waals surface area (Å²) in [4.78, 5) is 14.1. The first-order chi connectivity index (χ1) is 15.2. The number of benzene rings is 1. The molecule has 32 heavy (non-hydrogen) atoms. The van der Waals surface area contributed by atoms with Crippen molar-refractivity contribution in [1.29, 1.82) is 0 Å². The molecule has 1 aliphatic rings. The normalized spacial score (nSPS) is 16.6. The predicted octanol–water partition coefficient (Wildman–Crippen LogP) is 4.14. The first-order valence-corrected chi connectivity index (χ1v) is 12.8. The third kappa shape index (κ3) is 6.75. The van der Waals surface area contributed by atoms with Crippen LogP contribution in [0.5, 0.6) is 11.5 Å². The van der Waals surface area contributed by atoms with Gasteiger partial charge in [0.1, 0.15) is 16.4 Å². The molecule has 1 aromatic rings. The average Bonchev–Trinajstić information content (AvgIpc) is 3.26. The summed E-state index contributed by atoms with van der Waals surface area (Å²) >= 11 is 0. The van der Waals surface area contributed by atoms with Gasteiger partial charge in [0.25, 0.3) is 0 Å². The van der Waals surface area contributed by atoms with Crippen LogP contribution in [-0.2, 0) is 14.8 Å². The summed E-state index contributed by atoms with van der Waals surface area (Å²) in [5.74, 6) is 0.962. The lowest BCUT2D eigenvalue weighted by Crippen LogP contribution is -2.43. The molecular weight excluding hydrogens is 432 g/mol. The molecule has 1 saturated heterocycles. The number of likely N-dealkylation sites (tertiary alicyclic amines) is 1. The van der Waals surface area contributed by atoms with E-state index >= 15 is 0 Å². The van der Waals surface area contributed by atoms with E-state index in [-0.39, 0.29) is 28.7 Å². The van der Waals surface area contributed by atoms with Gasteiger partial charge in [0.05, 0.1) is 20.8 Å². The minimum absolute atomic E-state index is 0.0793. The van der Waals surface area contributed by atoms with Crippen LogP contribution in [0.15, 0.2) is 23.1 Å². The summed E-state index contributed by atoms with van der Waals surface area (Å²) in [6.07, 6.45) is 4.00. The molecule has 1 aromatic carbocycles. The zero-order valence-electron chi connectivity index (χ0n) is 20.0. The SMILES string of the molecule is CCCCCCN([C@@H]1CCN(C(=O)OCC(C)C)C1)S(=O)(=O)c1cc(OC)ccc1OC. The van der Waals surface area contributed by atoms with Crippen molar-refractivity contribution < 1.29 is 27.4 Å². The van der Waals surface area contributed by atoms with Gasteiger partial charge in [-0.15, -0.1) is 0 Å². The molecule has 2 rings (SSSR count). The number of hydrogen-bond acceptors (Lipinski definition) is 6. The van der Waals surface area contributed by atoms with Crippen LogP contribution in [0.25, 0.3) is 0 Å². The Hall–Kier alpha value is -2.00. The molecule has 0 aliphatic carbocycles. The minimum Gasteiger partial charge on any atom is -0.497 e. The number of sulfonamides is 1. The maximum absolute atomic E-state index is 13.8. The second-order valence-electron chi connectivity index (χ2n) is 8.55. The van der Waals surface area contributed by atoms with Crippen molar-refractivity contribution in [3.05, 3.63) is 18.2 Å². The maximum Gasteiger partial charge on any atom is 0.409 e. The van der Waals surface area contributed by atoms with Gasteiger partial charge in [-0.3, -0.25) is 0 Å². The highest BCUT2D eigenvalue weighted by Crippen LogP contribution is 2.33. The lowest BCUT2D eigenvalue weighted by Gasteiger charge is -2.29. The highest BCUT2D eigenvalue weighted by Gasteiger charge is 2.38. The van der Waals surface area contributed by atoms with E-state index < -0.39 is 10.0 Å². The minimum atomic E-state index is -3.87. The van der Waals surface area contributed by atoms with Crippen molar-refractivity contribution >= 4 is 16.1 Å². The van der Waals surface area contributed by atoms with Gasteiger partial charge >= 0.3 is 6.09 Å². The summed E-state index contributed by atoms with van der Waals surface area (Å²) < 4.78 is 45.1. The number of methoxy groups -OCH3 is 2. The molecule has 1 amide bonds. The summed E-state index contributed by atoms with van der Waals surface area (Å²) in [7, 11) is -0.921. The lowest BCUT2D eigenvalue weighted by atomic mass is 10.2. The van der Waals surface area contributed by atoms with Gasteiger partial charge in [0.2, 0.25) is 10.0 Å². The molecule has 0 bridgehead atoms. The van der Waals surface area contributed by atoms with Crippen molar-refractivity contribution in [2.24, 2.45) is 5.92 Å². The van der Waals surface area contributed by atoms with Crippen LogP contribution in [0.1, 0.15) is 52.9 Å². The molecule has 0 N–H and O–H groups in total.